The van der Waals surface area contributed by atoms with Crippen LogP contribution in [0.4, 0.5) is 5.69 Å². The van der Waals surface area contributed by atoms with E-state index in [0.29, 0.717) is 20.9 Å². The van der Waals surface area contributed by atoms with Crippen LogP contribution < -0.4 is 10.9 Å². The lowest BCUT2D eigenvalue weighted by atomic mass is 10.1. The lowest BCUT2D eigenvalue weighted by Gasteiger charge is -2.08. The first-order valence-electron chi connectivity index (χ1n) is 9.16. The van der Waals surface area contributed by atoms with Crippen molar-refractivity contribution in [2.24, 2.45) is 0 Å². The van der Waals surface area contributed by atoms with Crippen molar-refractivity contribution in [3.63, 3.8) is 0 Å². The van der Waals surface area contributed by atoms with E-state index in [4.69, 9.17) is 11.6 Å². The van der Waals surface area contributed by atoms with Crippen molar-refractivity contribution in [1.82, 2.24) is 9.55 Å². The van der Waals surface area contributed by atoms with Gasteiger partial charge >= 0.3 is 0 Å². The molecule has 146 valence electrons. The summed E-state index contributed by atoms with van der Waals surface area (Å²) in [5.74, 6) is -0.271. The summed E-state index contributed by atoms with van der Waals surface area (Å²) in [5, 5.41) is 5.37. The molecule has 0 saturated heterocycles. The fraction of sp³-hybridized carbons (Fsp3) is 0.136. The summed E-state index contributed by atoms with van der Waals surface area (Å²) >= 11 is 7.28. The number of hydrogen-bond donors (Lipinski definition) is 1. The van der Waals surface area contributed by atoms with Gasteiger partial charge in [-0.2, -0.15) is 0 Å². The largest absolute Gasteiger partial charge is 0.325 e. The Morgan fingerprint density at radius 1 is 1.14 bits per heavy atom. The van der Waals surface area contributed by atoms with Gasteiger partial charge in [-0.25, -0.2) is 4.98 Å². The molecule has 0 saturated carbocycles. The predicted molar refractivity (Wildman–Crippen MR) is 119 cm³/mol. The highest BCUT2D eigenvalue weighted by Gasteiger charge is 2.14. The van der Waals surface area contributed by atoms with E-state index in [1.54, 1.807) is 12.1 Å². The van der Waals surface area contributed by atoms with Crippen LogP contribution in [-0.2, 0) is 17.8 Å². The van der Waals surface area contributed by atoms with Crippen LogP contribution in [0.25, 0.3) is 21.3 Å². The minimum Gasteiger partial charge on any atom is -0.325 e. The first-order valence-corrected chi connectivity index (χ1v) is 10.4. The number of benzene rings is 2. The fourth-order valence-corrected chi connectivity index (χ4v) is 4.17. The van der Waals surface area contributed by atoms with Gasteiger partial charge in [0.15, 0.2) is 0 Å². The number of nitrogens with zero attached hydrogens (tertiary/aromatic N) is 2. The van der Waals surface area contributed by atoms with Crippen LogP contribution in [0, 0.1) is 0 Å². The van der Waals surface area contributed by atoms with Crippen LogP contribution >= 0.6 is 22.9 Å². The molecule has 1 N–H and O–H groups in total. The highest BCUT2D eigenvalue weighted by molar-refractivity contribution is 7.17. The predicted octanol–water partition coefficient (Wildman–Crippen LogP) is 4.98. The quantitative estimate of drug-likeness (QED) is 0.492. The Bertz CT molecular complexity index is 1230. The average molecular weight is 424 g/mol. The minimum atomic E-state index is -0.271. The normalized spacial score (nSPS) is 11.0. The van der Waals surface area contributed by atoms with E-state index < -0.39 is 0 Å². The van der Waals surface area contributed by atoms with Gasteiger partial charge in [0.2, 0.25) is 5.91 Å². The average Bonchev–Trinajstić information content (AvgIpc) is 3.16. The zero-order chi connectivity index (χ0) is 20.4. The van der Waals surface area contributed by atoms with Gasteiger partial charge in [0, 0.05) is 21.7 Å². The van der Waals surface area contributed by atoms with Crippen LogP contribution in [0.3, 0.4) is 0 Å². The molecule has 0 atom stereocenters. The topological polar surface area (TPSA) is 64.0 Å². The van der Waals surface area contributed by atoms with Crippen LogP contribution in [0.5, 0.6) is 0 Å². The monoisotopic (exact) mass is 423 g/mol. The van der Waals surface area contributed by atoms with E-state index >= 15 is 0 Å². The number of hydrogen-bond acceptors (Lipinski definition) is 4. The van der Waals surface area contributed by atoms with E-state index in [2.05, 4.69) is 17.2 Å². The number of nitrogens with one attached hydrogen (secondary N) is 1. The van der Waals surface area contributed by atoms with Gasteiger partial charge in [-0.3, -0.25) is 14.2 Å². The van der Waals surface area contributed by atoms with E-state index in [9.17, 15) is 9.59 Å². The molecular formula is C22H18ClN3O2S. The Labute approximate surface area is 176 Å². The molecular weight excluding hydrogens is 406 g/mol. The van der Waals surface area contributed by atoms with E-state index in [1.807, 2.05) is 41.8 Å². The maximum absolute atomic E-state index is 12.8. The molecule has 2 aromatic heterocycles. The van der Waals surface area contributed by atoms with E-state index in [1.165, 1.54) is 27.8 Å². The molecule has 0 unspecified atom stereocenters. The Morgan fingerprint density at radius 2 is 1.86 bits per heavy atom. The van der Waals surface area contributed by atoms with Gasteiger partial charge in [-0.1, -0.05) is 42.8 Å². The van der Waals surface area contributed by atoms with Crippen LogP contribution in [0.15, 0.2) is 65.0 Å². The van der Waals surface area contributed by atoms with Crippen molar-refractivity contribution in [2.45, 2.75) is 19.9 Å². The summed E-state index contributed by atoms with van der Waals surface area (Å²) < 4.78 is 1.86. The molecule has 1 amide bonds. The lowest BCUT2D eigenvalue weighted by Crippen LogP contribution is -2.27. The molecule has 0 radical (unpaired) electrons. The van der Waals surface area contributed by atoms with E-state index in [-0.39, 0.29) is 18.0 Å². The molecule has 0 spiro atoms. The SMILES string of the molecule is CCc1ccc(NC(=O)Cn2cnc3c(-c4ccc(Cl)cc4)csc3c2=O)cc1. The third-order valence-corrected chi connectivity index (χ3v) is 5.87. The zero-order valence-corrected chi connectivity index (χ0v) is 17.3. The molecule has 7 heteroatoms. The second-order valence-electron chi connectivity index (χ2n) is 6.61. The van der Waals surface area contributed by atoms with Gasteiger partial charge in [-0.05, 0) is 41.8 Å². The Kier molecular flexibility index (Phi) is 5.47. The van der Waals surface area contributed by atoms with Crippen molar-refractivity contribution in [3.8, 4) is 11.1 Å². The molecule has 29 heavy (non-hydrogen) atoms. The summed E-state index contributed by atoms with van der Waals surface area (Å²) in [6.45, 7) is 1.98. The summed E-state index contributed by atoms with van der Waals surface area (Å²) in [6.07, 6.45) is 2.37. The van der Waals surface area contributed by atoms with Crippen molar-refractivity contribution >= 4 is 44.7 Å². The number of carbonyl (C=O) groups excluding carboxylic acids is 1. The standard InChI is InChI=1S/C22H18ClN3O2S/c1-2-14-3-9-17(10-4-14)25-19(27)11-26-13-24-20-18(12-29-21(20)22(26)28)15-5-7-16(23)8-6-15/h3-10,12-13H,2,11H2,1H3,(H,25,27). The highest BCUT2D eigenvalue weighted by atomic mass is 35.5. The maximum atomic E-state index is 12.8. The number of anilines is 1. The molecule has 2 heterocycles. The van der Waals surface area contributed by atoms with Crippen molar-refractivity contribution in [3.05, 3.63) is 81.2 Å². The molecule has 2 aromatic carbocycles. The van der Waals surface area contributed by atoms with Crippen molar-refractivity contribution < 1.29 is 4.79 Å². The summed E-state index contributed by atoms with van der Waals surface area (Å²) in [6, 6.07) is 15.1. The lowest BCUT2D eigenvalue weighted by molar-refractivity contribution is -0.116. The number of rotatable bonds is 5. The van der Waals surface area contributed by atoms with Crippen LogP contribution in [-0.4, -0.2) is 15.5 Å². The van der Waals surface area contributed by atoms with E-state index in [0.717, 1.165) is 17.5 Å². The molecule has 0 fully saturated rings. The number of aryl methyl sites for hydroxylation is 1. The zero-order valence-electron chi connectivity index (χ0n) is 15.7. The maximum Gasteiger partial charge on any atom is 0.271 e. The first kappa shape index (κ1) is 19.4. The highest BCUT2D eigenvalue weighted by Crippen LogP contribution is 2.31. The molecule has 4 aromatic rings. The molecule has 4 rings (SSSR count). The van der Waals surface area contributed by atoms with Gasteiger partial charge in [0.1, 0.15) is 11.2 Å². The molecule has 0 aliphatic carbocycles. The van der Waals surface area contributed by atoms with Crippen molar-refractivity contribution in [1.29, 1.82) is 0 Å². The Balaban J connectivity index is 1.56. The molecule has 0 aliphatic rings. The number of thiophene rings is 1. The van der Waals surface area contributed by atoms with Gasteiger partial charge in [0.25, 0.3) is 5.56 Å². The second-order valence-corrected chi connectivity index (χ2v) is 7.93. The Morgan fingerprint density at radius 3 is 2.55 bits per heavy atom. The summed E-state index contributed by atoms with van der Waals surface area (Å²) in [4.78, 5) is 29.7. The van der Waals surface area contributed by atoms with Gasteiger partial charge in [-0.15, -0.1) is 11.3 Å². The number of fused-ring (bicyclic) bond motifs is 1. The minimum absolute atomic E-state index is 0.0918. The van der Waals surface area contributed by atoms with Crippen LogP contribution in [0.1, 0.15) is 12.5 Å². The number of aromatic nitrogens is 2. The summed E-state index contributed by atoms with van der Waals surface area (Å²) in [7, 11) is 0. The first-order chi connectivity index (χ1) is 14.0. The van der Waals surface area contributed by atoms with Crippen LogP contribution in [0.2, 0.25) is 5.02 Å². The Hall–Kier alpha value is -2.96. The molecule has 0 aliphatic heterocycles. The molecule has 5 nitrogen and oxygen atoms in total. The molecule has 0 bridgehead atoms. The van der Waals surface area contributed by atoms with Gasteiger partial charge < -0.3 is 5.32 Å². The second kappa shape index (κ2) is 8.19. The summed E-state index contributed by atoms with van der Waals surface area (Å²) in [5.41, 5.74) is 4.13. The number of amides is 1. The number of carbonyl (C=O) groups is 1. The fourth-order valence-electron chi connectivity index (χ4n) is 3.07. The van der Waals surface area contributed by atoms with Crippen molar-refractivity contribution in [2.75, 3.05) is 5.32 Å². The third-order valence-electron chi connectivity index (χ3n) is 4.66. The third kappa shape index (κ3) is 4.09. The smallest absolute Gasteiger partial charge is 0.271 e. The van der Waals surface area contributed by atoms with Gasteiger partial charge in [0.05, 0.1) is 11.8 Å². The number of halogens is 1.